The van der Waals surface area contributed by atoms with Gasteiger partial charge in [0.2, 0.25) is 0 Å². The predicted molar refractivity (Wildman–Crippen MR) is 68.6 cm³/mol. The largest absolute Gasteiger partial charge is 0.367 e. The zero-order valence-electron chi connectivity index (χ0n) is 10.2. The van der Waals surface area contributed by atoms with Crippen LogP contribution in [0.25, 0.3) is 0 Å². The number of hydrogen-bond donors (Lipinski definition) is 1. The van der Waals surface area contributed by atoms with Gasteiger partial charge in [0.15, 0.2) is 0 Å². The van der Waals surface area contributed by atoms with Crippen LogP contribution in [0.3, 0.4) is 0 Å². The SMILES string of the molecule is CC1(c2nc(=S)c3c([nH]2)CCC3)CCCCO1. The summed E-state index contributed by atoms with van der Waals surface area (Å²) in [6.07, 6.45) is 6.76. The number of nitrogens with zero attached hydrogens (tertiary/aromatic N) is 1. The van der Waals surface area contributed by atoms with Gasteiger partial charge in [-0.05, 0) is 45.4 Å². The number of nitrogens with one attached hydrogen (secondary N) is 1. The average molecular weight is 250 g/mol. The van der Waals surface area contributed by atoms with Crippen molar-refractivity contribution < 1.29 is 4.74 Å². The maximum atomic E-state index is 5.93. The Hall–Kier alpha value is -0.740. The van der Waals surface area contributed by atoms with Crippen molar-refractivity contribution in [2.24, 2.45) is 0 Å². The maximum absolute atomic E-state index is 5.93. The molecule has 92 valence electrons. The second-order valence-electron chi connectivity index (χ2n) is 5.24. The first-order chi connectivity index (χ1) is 8.19. The fraction of sp³-hybridized carbons (Fsp3) is 0.692. The molecule has 0 bridgehead atoms. The van der Waals surface area contributed by atoms with E-state index in [1.807, 2.05) is 0 Å². The molecule has 3 nitrogen and oxygen atoms in total. The van der Waals surface area contributed by atoms with Gasteiger partial charge in [0.1, 0.15) is 16.1 Å². The zero-order chi connectivity index (χ0) is 11.9. The highest BCUT2D eigenvalue weighted by atomic mass is 32.1. The lowest BCUT2D eigenvalue weighted by Crippen LogP contribution is -2.32. The summed E-state index contributed by atoms with van der Waals surface area (Å²) in [7, 11) is 0. The van der Waals surface area contributed by atoms with Crippen LogP contribution in [-0.2, 0) is 23.2 Å². The van der Waals surface area contributed by atoms with Crippen LogP contribution in [-0.4, -0.2) is 16.6 Å². The molecule has 2 aliphatic rings. The minimum absolute atomic E-state index is 0.260. The summed E-state index contributed by atoms with van der Waals surface area (Å²) in [4.78, 5) is 8.05. The molecule has 1 aliphatic heterocycles. The number of fused-ring (bicyclic) bond motifs is 1. The van der Waals surface area contributed by atoms with Crippen LogP contribution in [0.5, 0.6) is 0 Å². The van der Waals surface area contributed by atoms with Crippen molar-refractivity contribution in [3.63, 3.8) is 0 Å². The highest BCUT2D eigenvalue weighted by molar-refractivity contribution is 7.71. The van der Waals surface area contributed by atoms with E-state index in [4.69, 9.17) is 17.0 Å². The second kappa shape index (κ2) is 4.18. The molecule has 1 aliphatic carbocycles. The van der Waals surface area contributed by atoms with Crippen LogP contribution < -0.4 is 0 Å². The lowest BCUT2D eigenvalue weighted by Gasteiger charge is -2.33. The topological polar surface area (TPSA) is 37.9 Å². The Morgan fingerprint density at radius 1 is 1.29 bits per heavy atom. The molecule has 1 unspecified atom stereocenters. The molecule has 3 rings (SSSR count). The van der Waals surface area contributed by atoms with E-state index in [1.54, 1.807) is 0 Å². The van der Waals surface area contributed by atoms with Crippen LogP contribution in [0.2, 0.25) is 0 Å². The third-order valence-corrected chi connectivity index (χ3v) is 4.27. The summed E-state index contributed by atoms with van der Waals surface area (Å²) < 4.78 is 6.71. The molecule has 1 saturated heterocycles. The van der Waals surface area contributed by atoms with Crippen LogP contribution in [0.4, 0.5) is 0 Å². The predicted octanol–water partition coefficient (Wildman–Crippen LogP) is 3.04. The lowest BCUT2D eigenvalue weighted by atomic mass is 9.95. The summed E-state index contributed by atoms with van der Waals surface area (Å²) in [6.45, 7) is 2.96. The van der Waals surface area contributed by atoms with Crippen molar-refractivity contribution in [3.05, 3.63) is 21.7 Å². The Balaban J connectivity index is 2.03. The van der Waals surface area contributed by atoms with Gasteiger partial charge in [-0.15, -0.1) is 0 Å². The third-order valence-electron chi connectivity index (χ3n) is 3.93. The van der Waals surface area contributed by atoms with Gasteiger partial charge in [0.05, 0.1) is 0 Å². The smallest absolute Gasteiger partial charge is 0.140 e. The molecule has 1 aromatic rings. The fourth-order valence-corrected chi connectivity index (χ4v) is 3.15. The maximum Gasteiger partial charge on any atom is 0.140 e. The van der Waals surface area contributed by atoms with E-state index in [0.29, 0.717) is 0 Å². The quantitative estimate of drug-likeness (QED) is 0.778. The molecule has 0 saturated carbocycles. The number of H-pyrrole nitrogens is 1. The molecular formula is C13H18N2OS. The summed E-state index contributed by atoms with van der Waals surface area (Å²) >= 11 is 5.40. The third kappa shape index (κ3) is 1.93. The normalized spacial score (nSPS) is 28.1. The minimum atomic E-state index is -0.260. The highest BCUT2D eigenvalue weighted by Crippen LogP contribution is 2.33. The van der Waals surface area contributed by atoms with Crippen LogP contribution in [0.1, 0.15) is 49.7 Å². The van der Waals surface area contributed by atoms with Crippen molar-refractivity contribution in [1.82, 2.24) is 9.97 Å². The fourth-order valence-electron chi connectivity index (χ4n) is 2.83. The second-order valence-corrected chi connectivity index (χ2v) is 5.62. The number of ether oxygens (including phenoxy) is 1. The van der Waals surface area contributed by atoms with E-state index >= 15 is 0 Å². The van der Waals surface area contributed by atoms with Gasteiger partial charge >= 0.3 is 0 Å². The molecule has 0 aromatic carbocycles. The van der Waals surface area contributed by atoms with Gasteiger partial charge in [-0.25, -0.2) is 4.98 Å². The van der Waals surface area contributed by atoms with Crippen molar-refractivity contribution in [2.45, 2.75) is 51.0 Å². The molecule has 0 spiro atoms. The van der Waals surface area contributed by atoms with E-state index in [9.17, 15) is 0 Å². The van der Waals surface area contributed by atoms with E-state index < -0.39 is 0 Å². The number of rotatable bonds is 1. The molecule has 17 heavy (non-hydrogen) atoms. The van der Waals surface area contributed by atoms with E-state index in [2.05, 4.69) is 16.9 Å². The van der Waals surface area contributed by atoms with E-state index in [-0.39, 0.29) is 5.60 Å². The number of hydrogen-bond acceptors (Lipinski definition) is 3. The minimum Gasteiger partial charge on any atom is -0.367 e. The van der Waals surface area contributed by atoms with Crippen molar-refractivity contribution >= 4 is 12.2 Å². The van der Waals surface area contributed by atoms with Gasteiger partial charge in [-0.3, -0.25) is 0 Å². The van der Waals surface area contributed by atoms with Crippen LogP contribution in [0, 0.1) is 4.64 Å². The number of aromatic nitrogens is 2. The average Bonchev–Trinajstić information content (AvgIpc) is 2.78. The van der Waals surface area contributed by atoms with Crippen molar-refractivity contribution in [2.75, 3.05) is 6.61 Å². The standard InChI is InChI=1S/C13H18N2OS/c1-13(7-2-3-8-16-13)12-14-10-6-4-5-9(10)11(17)15-12/h2-8H2,1H3,(H,14,15,17). The molecule has 0 radical (unpaired) electrons. The zero-order valence-corrected chi connectivity index (χ0v) is 11.0. The first-order valence-corrected chi connectivity index (χ1v) is 6.86. The molecule has 1 aromatic heterocycles. The van der Waals surface area contributed by atoms with Crippen molar-refractivity contribution in [1.29, 1.82) is 0 Å². The molecule has 2 heterocycles. The summed E-state index contributed by atoms with van der Waals surface area (Å²) in [5.41, 5.74) is 2.28. The van der Waals surface area contributed by atoms with Gasteiger partial charge in [-0.1, -0.05) is 12.2 Å². The van der Waals surface area contributed by atoms with Gasteiger partial charge in [0.25, 0.3) is 0 Å². The highest BCUT2D eigenvalue weighted by Gasteiger charge is 2.33. The molecule has 0 amide bonds. The monoisotopic (exact) mass is 250 g/mol. The summed E-state index contributed by atoms with van der Waals surface area (Å²) in [5, 5.41) is 0. The first-order valence-electron chi connectivity index (χ1n) is 6.45. The van der Waals surface area contributed by atoms with Gasteiger partial charge in [0, 0.05) is 17.9 Å². The Bertz CT molecular complexity index is 489. The first kappa shape index (κ1) is 11.4. The summed E-state index contributed by atoms with van der Waals surface area (Å²) in [6, 6.07) is 0. The van der Waals surface area contributed by atoms with Crippen molar-refractivity contribution in [3.8, 4) is 0 Å². The number of aryl methyl sites for hydroxylation is 1. The molecule has 1 N–H and O–H groups in total. The van der Waals surface area contributed by atoms with Crippen LogP contribution >= 0.6 is 12.2 Å². The van der Waals surface area contributed by atoms with Gasteiger partial charge < -0.3 is 9.72 Å². The van der Waals surface area contributed by atoms with Gasteiger partial charge in [-0.2, -0.15) is 0 Å². The molecule has 1 atom stereocenters. The summed E-state index contributed by atoms with van der Waals surface area (Å²) in [5.74, 6) is 0.933. The Kier molecular flexibility index (Phi) is 2.79. The van der Waals surface area contributed by atoms with E-state index in [1.165, 1.54) is 24.1 Å². The van der Waals surface area contributed by atoms with Crippen LogP contribution in [0.15, 0.2) is 0 Å². The Morgan fingerprint density at radius 3 is 2.94 bits per heavy atom. The Morgan fingerprint density at radius 2 is 2.18 bits per heavy atom. The molecule has 4 heteroatoms. The lowest BCUT2D eigenvalue weighted by molar-refractivity contribution is -0.0762. The van der Waals surface area contributed by atoms with E-state index in [0.717, 1.165) is 42.8 Å². The molecule has 1 fully saturated rings. The molecular weight excluding hydrogens is 232 g/mol. The Labute approximate surface area is 107 Å². The number of aromatic amines is 1.